The number of nitrogens with one attached hydrogen (secondary N) is 1. The average molecular weight is 318 g/mol. The van der Waals surface area contributed by atoms with Gasteiger partial charge in [-0.1, -0.05) is 6.07 Å². The average Bonchev–Trinajstić information content (AvgIpc) is 3.26. The normalized spacial score (nSPS) is 19.1. The van der Waals surface area contributed by atoms with Gasteiger partial charge in [0, 0.05) is 11.4 Å². The van der Waals surface area contributed by atoms with Crippen molar-refractivity contribution in [2.75, 3.05) is 6.54 Å². The van der Waals surface area contributed by atoms with Crippen LogP contribution in [0.5, 0.6) is 0 Å². The number of likely N-dealkylation sites (tertiary alicyclic amines) is 1. The van der Waals surface area contributed by atoms with E-state index in [9.17, 15) is 9.59 Å². The molecule has 2 aromatic rings. The molecule has 2 aromatic heterocycles. The standard InChI is InChI=1S/C16H18N2O3S/c1-11(17-15(19)12-6-8-21-10-12)16(20)18-7-2-4-13(18)14-5-3-9-22-14/h3,5-6,8-11,13H,2,4,7H2,1H3,(H,17,19)/t11-,13+/m1/s1. The molecule has 1 fully saturated rings. The van der Waals surface area contributed by atoms with Crippen molar-refractivity contribution in [3.63, 3.8) is 0 Å². The summed E-state index contributed by atoms with van der Waals surface area (Å²) in [7, 11) is 0. The summed E-state index contributed by atoms with van der Waals surface area (Å²) in [6, 6.07) is 5.24. The number of hydrogen-bond acceptors (Lipinski definition) is 4. The van der Waals surface area contributed by atoms with Gasteiger partial charge in [-0.3, -0.25) is 9.59 Å². The van der Waals surface area contributed by atoms with Gasteiger partial charge < -0.3 is 14.6 Å². The second-order valence-corrected chi connectivity index (χ2v) is 6.39. The lowest BCUT2D eigenvalue weighted by Crippen LogP contribution is -2.46. The molecule has 0 radical (unpaired) electrons. The molecule has 6 heteroatoms. The highest BCUT2D eigenvalue weighted by atomic mass is 32.1. The molecule has 1 saturated heterocycles. The van der Waals surface area contributed by atoms with E-state index in [1.54, 1.807) is 24.3 Å². The van der Waals surface area contributed by atoms with Crippen LogP contribution in [0.1, 0.15) is 41.0 Å². The molecule has 5 nitrogen and oxygen atoms in total. The van der Waals surface area contributed by atoms with E-state index in [0.717, 1.165) is 19.4 Å². The van der Waals surface area contributed by atoms with Gasteiger partial charge in [-0.2, -0.15) is 0 Å². The van der Waals surface area contributed by atoms with Crippen molar-refractivity contribution in [3.8, 4) is 0 Å². The summed E-state index contributed by atoms with van der Waals surface area (Å²) in [6.45, 7) is 2.47. The Labute approximate surface area is 132 Å². The lowest BCUT2D eigenvalue weighted by molar-refractivity contribution is -0.133. The summed E-state index contributed by atoms with van der Waals surface area (Å²) in [5.41, 5.74) is 0.427. The zero-order valence-corrected chi connectivity index (χ0v) is 13.1. The predicted octanol–water partition coefficient (Wildman–Crippen LogP) is 2.82. The summed E-state index contributed by atoms with van der Waals surface area (Å²) in [4.78, 5) is 27.7. The smallest absolute Gasteiger partial charge is 0.255 e. The number of thiophene rings is 1. The topological polar surface area (TPSA) is 62.6 Å². The van der Waals surface area contributed by atoms with Crippen molar-refractivity contribution < 1.29 is 14.0 Å². The first-order valence-electron chi connectivity index (χ1n) is 7.34. The van der Waals surface area contributed by atoms with Crippen molar-refractivity contribution in [1.29, 1.82) is 0 Å². The van der Waals surface area contributed by atoms with Crippen LogP contribution in [0, 0.1) is 0 Å². The van der Waals surface area contributed by atoms with Gasteiger partial charge in [0.05, 0.1) is 17.9 Å². The van der Waals surface area contributed by atoms with E-state index in [1.165, 1.54) is 17.4 Å². The van der Waals surface area contributed by atoms with Crippen LogP contribution in [0.15, 0.2) is 40.5 Å². The maximum absolute atomic E-state index is 12.6. The third-order valence-corrected chi connectivity index (χ3v) is 4.88. The van der Waals surface area contributed by atoms with Crippen molar-refractivity contribution in [1.82, 2.24) is 10.2 Å². The van der Waals surface area contributed by atoms with Crippen molar-refractivity contribution in [2.45, 2.75) is 31.8 Å². The van der Waals surface area contributed by atoms with Crippen LogP contribution in [-0.4, -0.2) is 29.3 Å². The van der Waals surface area contributed by atoms with Gasteiger partial charge in [-0.05, 0) is 37.3 Å². The summed E-state index contributed by atoms with van der Waals surface area (Å²) < 4.78 is 4.89. The number of rotatable bonds is 4. The fourth-order valence-electron chi connectivity index (χ4n) is 2.79. The van der Waals surface area contributed by atoms with Crippen molar-refractivity contribution in [3.05, 3.63) is 46.5 Å². The Bertz CT molecular complexity index is 636. The van der Waals surface area contributed by atoms with Gasteiger partial charge in [-0.25, -0.2) is 0 Å². The van der Waals surface area contributed by atoms with E-state index in [0.29, 0.717) is 5.56 Å². The van der Waals surface area contributed by atoms with Gasteiger partial charge in [0.2, 0.25) is 5.91 Å². The van der Waals surface area contributed by atoms with Gasteiger partial charge in [0.15, 0.2) is 0 Å². The van der Waals surface area contributed by atoms with Crippen LogP contribution in [0.25, 0.3) is 0 Å². The highest BCUT2D eigenvalue weighted by Crippen LogP contribution is 2.34. The SMILES string of the molecule is C[C@@H](NC(=O)c1ccoc1)C(=O)N1CCC[C@H]1c1cccs1. The maximum Gasteiger partial charge on any atom is 0.255 e. The highest BCUT2D eigenvalue weighted by Gasteiger charge is 2.33. The van der Waals surface area contributed by atoms with E-state index < -0.39 is 6.04 Å². The molecule has 1 aliphatic rings. The molecule has 22 heavy (non-hydrogen) atoms. The first kappa shape index (κ1) is 14.8. The zero-order chi connectivity index (χ0) is 15.5. The summed E-state index contributed by atoms with van der Waals surface area (Å²) in [6.07, 6.45) is 4.79. The molecule has 116 valence electrons. The van der Waals surface area contributed by atoms with E-state index in [2.05, 4.69) is 11.4 Å². The molecule has 0 aromatic carbocycles. The molecule has 3 heterocycles. The Kier molecular flexibility index (Phi) is 4.29. The molecule has 0 spiro atoms. The van der Waals surface area contributed by atoms with Crippen LogP contribution < -0.4 is 5.32 Å². The summed E-state index contributed by atoms with van der Waals surface area (Å²) in [5.74, 6) is -0.325. The number of nitrogens with zero attached hydrogens (tertiary/aromatic N) is 1. The largest absolute Gasteiger partial charge is 0.472 e. The fourth-order valence-corrected chi connectivity index (χ4v) is 3.66. The maximum atomic E-state index is 12.6. The quantitative estimate of drug-likeness (QED) is 0.943. The lowest BCUT2D eigenvalue weighted by Gasteiger charge is -2.27. The Morgan fingerprint density at radius 2 is 2.32 bits per heavy atom. The Morgan fingerprint density at radius 1 is 1.45 bits per heavy atom. The lowest BCUT2D eigenvalue weighted by atomic mass is 10.1. The molecule has 0 saturated carbocycles. The first-order chi connectivity index (χ1) is 10.7. The summed E-state index contributed by atoms with van der Waals surface area (Å²) in [5, 5.41) is 4.77. The summed E-state index contributed by atoms with van der Waals surface area (Å²) >= 11 is 1.67. The molecule has 0 bridgehead atoms. The fraction of sp³-hybridized carbons (Fsp3) is 0.375. The number of carbonyl (C=O) groups is 2. The number of hydrogen-bond donors (Lipinski definition) is 1. The minimum Gasteiger partial charge on any atom is -0.472 e. The third-order valence-electron chi connectivity index (χ3n) is 3.91. The monoisotopic (exact) mass is 318 g/mol. The molecule has 1 aliphatic heterocycles. The van der Waals surface area contributed by atoms with Crippen molar-refractivity contribution >= 4 is 23.2 Å². The van der Waals surface area contributed by atoms with E-state index in [-0.39, 0.29) is 17.9 Å². The molecule has 0 aliphatic carbocycles. The Balaban J connectivity index is 1.66. The van der Waals surface area contributed by atoms with Crippen LogP contribution in [0.4, 0.5) is 0 Å². The molecule has 3 rings (SSSR count). The van der Waals surface area contributed by atoms with Crippen LogP contribution in [0.3, 0.4) is 0 Å². The number of amides is 2. The Hall–Kier alpha value is -2.08. The molecule has 2 atom stereocenters. The first-order valence-corrected chi connectivity index (χ1v) is 8.21. The molecule has 0 unspecified atom stereocenters. The minimum atomic E-state index is -0.553. The second kappa shape index (κ2) is 6.36. The highest BCUT2D eigenvalue weighted by molar-refractivity contribution is 7.10. The van der Waals surface area contributed by atoms with Crippen LogP contribution >= 0.6 is 11.3 Å². The van der Waals surface area contributed by atoms with Gasteiger partial charge >= 0.3 is 0 Å². The van der Waals surface area contributed by atoms with E-state index in [1.807, 2.05) is 16.3 Å². The minimum absolute atomic E-state index is 0.0345. The van der Waals surface area contributed by atoms with Crippen LogP contribution in [-0.2, 0) is 4.79 Å². The molecular weight excluding hydrogens is 300 g/mol. The second-order valence-electron chi connectivity index (χ2n) is 5.41. The number of furan rings is 1. The van der Waals surface area contributed by atoms with Gasteiger partial charge in [0.25, 0.3) is 5.91 Å². The van der Waals surface area contributed by atoms with E-state index >= 15 is 0 Å². The van der Waals surface area contributed by atoms with Crippen LogP contribution in [0.2, 0.25) is 0 Å². The van der Waals surface area contributed by atoms with Crippen molar-refractivity contribution in [2.24, 2.45) is 0 Å². The zero-order valence-electron chi connectivity index (χ0n) is 12.3. The molecule has 2 amide bonds. The molecular formula is C16H18N2O3S. The predicted molar refractivity (Wildman–Crippen MR) is 83.6 cm³/mol. The van der Waals surface area contributed by atoms with E-state index in [4.69, 9.17) is 4.42 Å². The third kappa shape index (κ3) is 2.92. The van der Waals surface area contributed by atoms with Gasteiger partial charge in [0.1, 0.15) is 12.3 Å². The van der Waals surface area contributed by atoms with Gasteiger partial charge in [-0.15, -0.1) is 11.3 Å². The Morgan fingerprint density at radius 3 is 3.00 bits per heavy atom. The molecule has 1 N–H and O–H groups in total. The number of carbonyl (C=O) groups excluding carboxylic acids is 2.